The Morgan fingerprint density at radius 1 is 1.04 bits per heavy atom. The zero-order valence-electron chi connectivity index (χ0n) is 13.1. The minimum Gasteiger partial charge on any atom is -0.462 e. The van der Waals surface area contributed by atoms with E-state index in [2.05, 4.69) is 24.3 Å². The lowest BCUT2D eigenvalue weighted by molar-refractivity contribution is -0.146. The first-order valence-corrected chi connectivity index (χ1v) is 8.02. The zero-order valence-corrected chi connectivity index (χ0v) is 14.0. The van der Waals surface area contributed by atoms with Gasteiger partial charge in [-0.1, -0.05) is 72.9 Å². The van der Waals surface area contributed by atoms with Gasteiger partial charge in [0.1, 0.15) is 6.10 Å². The number of benzene rings is 2. The molecule has 0 radical (unpaired) electrons. The minimum atomic E-state index is -0.324. The molecule has 0 aromatic heterocycles. The number of nitrogens with two attached hydrogens (primary N) is 1. The van der Waals surface area contributed by atoms with Crippen LogP contribution in [0.25, 0.3) is 0 Å². The molecule has 1 atom stereocenters. The van der Waals surface area contributed by atoms with Gasteiger partial charge in [-0.25, -0.2) is 0 Å². The van der Waals surface area contributed by atoms with Crippen LogP contribution in [-0.4, -0.2) is 17.1 Å². The largest absolute Gasteiger partial charge is 0.462 e. The van der Waals surface area contributed by atoms with Crippen LogP contribution < -0.4 is 5.73 Å². The Labute approximate surface area is 142 Å². The van der Waals surface area contributed by atoms with Crippen molar-refractivity contribution in [2.75, 3.05) is 0 Å². The van der Waals surface area contributed by atoms with Crippen LogP contribution in [0.1, 0.15) is 36.8 Å². The fraction of sp³-hybridized carbons (Fsp3) is 0.263. The maximum absolute atomic E-state index is 11.4. The van der Waals surface area contributed by atoms with Gasteiger partial charge in [0.05, 0.1) is 4.99 Å². The van der Waals surface area contributed by atoms with Crippen LogP contribution in [0.2, 0.25) is 0 Å². The highest BCUT2D eigenvalue weighted by atomic mass is 32.1. The highest BCUT2D eigenvalue weighted by Crippen LogP contribution is 2.30. The van der Waals surface area contributed by atoms with Crippen LogP contribution in [0.3, 0.4) is 0 Å². The summed E-state index contributed by atoms with van der Waals surface area (Å²) >= 11 is 5.00. The van der Waals surface area contributed by atoms with E-state index >= 15 is 0 Å². The molecule has 0 saturated heterocycles. The van der Waals surface area contributed by atoms with E-state index in [9.17, 15) is 4.79 Å². The van der Waals surface area contributed by atoms with E-state index in [1.165, 1.54) is 18.1 Å². The quantitative estimate of drug-likeness (QED) is 0.620. The molecule has 0 aliphatic rings. The average Bonchev–Trinajstić information content (AvgIpc) is 2.53. The third-order valence-corrected chi connectivity index (χ3v) is 3.83. The van der Waals surface area contributed by atoms with Crippen molar-refractivity contribution >= 4 is 23.2 Å². The molecular formula is C19H21NO2S. The molecule has 2 aromatic rings. The molecule has 0 spiro atoms. The lowest BCUT2D eigenvalue weighted by Crippen LogP contribution is -2.25. The van der Waals surface area contributed by atoms with Crippen molar-refractivity contribution in [3.8, 4) is 0 Å². The van der Waals surface area contributed by atoms with Crippen molar-refractivity contribution in [3.05, 3.63) is 71.8 Å². The number of thiocarbonyl (C=S) groups is 1. The first-order chi connectivity index (χ1) is 11.1. The molecule has 3 nitrogen and oxygen atoms in total. The summed E-state index contributed by atoms with van der Waals surface area (Å²) in [4.78, 5) is 11.7. The first kappa shape index (κ1) is 17.2. The lowest BCUT2D eigenvalue weighted by Gasteiger charge is -2.24. The van der Waals surface area contributed by atoms with E-state index < -0.39 is 0 Å². The van der Waals surface area contributed by atoms with Crippen molar-refractivity contribution in [1.29, 1.82) is 0 Å². The van der Waals surface area contributed by atoms with Gasteiger partial charge in [0.15, 0.2) is 0 Å². The standard InChI is InChI=1S/C19H21NO2S/c1-14(21)22-17(13-19(20)23)12-18(15-8-4-2-5-9-15)16-10-6-3-7-11-16/h2-11,17-18H,12-13H2,1H3,(H2,20,23). The number of carbonyl (C=O) groups is 1. The van der Waals surface area contributed by atoms with E-state index in [1.807, 2.05) is 36.4 Å². The first-order valence-electron chi connectivity index (χ1n) is 7.61. The lowest BCUT2D eigenvalue weighted by atomic mass is 9.86. The number of ether oxygens (including phenoxy) is 1. The summed E-state index contributed by atoms with van der Waals surface area (Å²) < 4.78 is 5.43. The van der Waals surface area contributed by atoms with Crippen molar-refractivity contribution < 1.29 is 9.53 Å². The predicted octanol–water partition coefficient (Wildman–Crippen LogP) is 3.82. The third kappa shape index (κ3) is 5.49. The zero-order chi connectivity index (χ0) is 16.7. The number of rotatable bonds is 7. The van der Waals surface area contributed by atoms with E-state index in [0.717, 1.165) is 0 Å². The van der Waals surface area contributed by atoms with Gasteiger partial charge in [0, 0.05) is 19.3 Å². The van der Waals surface area contributed by atoms with Crippen LogP contribution in [0.15, 0.2) is 60.7 Å². The van der Waals surface area contributed by atoms with Crippen molar-refractivity contribution in [2.45, 2.75) is 31.8 Å². The molecule has 0 heterocycles. The SMILES string of the molecule is CC(=O)OC(CC(N)=S)CC(c1ccccc1)c1ccccc1. The second-order valence-corrected chi connectivity index (χ2v) is 6.04. The molecule has 0 aliphatic carbocycles. The Kier molecular flexibility index (Phi) is 6.29. The second kappa shape index (κ2) is 8.44. The summed E-state index contributed by atoms with van der Waals surface area (Å²) in [5.74, 6) is -0.192. The minimum absolute atomic E-state index is 0.121. The van der Waals surface area contributed by atoms with Gasteiger partial charge in [0.2, 0.25) is 0 Å². The van der Waals surface area contributed by atoms with Crippen molar-refractivity contribution in [1.82, 2.24) is 0 Å². The Bertz CT molecular complexity index is 587. The monoisotopic (exact) mass is 327 g/mol. The normalized spacial score (nSPS) is 11.9. The topological polar surface area (TPSA) is 52.3 Å². The highest BCUT2D eigenvalue weighted by molar-refractivity contribution is 7.80. The molecule has 1 unspecified atom stereocenters. The molecule has 2 aromatic carbocycles. The van der Waals surface area contributed by atoms with Gasteiger partial charge in [0.25, 0.3) is 0 Å². The van der Waals surface area contributed by atoms with Gasteiger partial charge >= 0.3 is 5.97 Å². The van der Waals surface area contributed by atoms with E-state index in [4.69, 9.17) is 22.7 Å². The smallest absolute Gasteiger partial charge is 0.302 e. The van der Waals surface area contributed by atoms with E-state index in [1.54, 1.807) is 0 Å². The molecule has 4 heteroatoms. The van der Waals surface area contributed by atoms with Crippen LogP contribution in [0, 0.1) is 0 Å². The van der Waals surface area contributed by atoms with Crippen LogP contribution >= 0.6 is 12.2 Å². The van der Waals surface area contributed by atoms with Crippen LogP contribution in [0.5, 0.6) is 0 Å². The van der Waals surface area contributed by atoms with Gasteiger partial charge in [-0.3, -0.25) is 4.79 Å². The van der Waals surface area contributed by atoms with E-state index in [0.29, 0.717) is 17.8 Å². The summed E-state index contributed by atoms with van der Waals surface area (Å²) in [6.45, 7) is 1.41. The summed E-state index contributed by atoms with van der Waals surface area (Å²) in [6.07, 6.45) is 0.714. The molecule has 0 fully saturated rings. The number of carbonyl (C=O) groups excluding carboxylic acids is 1. The van der Waals surface area contributed by atoms with Crippen LogP contribution in [-0.2, 0) is 9.53 Å². The fourth-order valence-corrected chi connectivity index (χ4v) is 2.92. The molecule has 0 amide bonds. The third-order valence-electron chi connectivity index (χ3n) is 3.66. The van der Waals surface area contributed by atoms with Gasteiger partial charge < -0.3 is 10.5 Å². The Balaban J connectivity index is 2.29. The maximum Gasteiger partial charge on any atom is 0.302 e. The number of hydrogen-bond acceptors (Lipinski definition) is 3. The Morgan fingerprint density at radius 3 is 1.91 bits per heavy atom. The summed E-state index contributed by atoms with van der Waals surface area (Å²) in [5, 5.41) is 0. The highest BCUT2D eigenvalue weighted by Gasteiger charge is 2.22. The van der Waals surface area contributed by atoms with Gasteiger partial charge in [-0.15, -0.1) is 0 Å². The van der Waals surface area contributed by atoms with Crippen molar-refractivity contribution in [3.63, 3.8) is 0 Å². The number of hydrogen-bond donors (Lipinski definition) is 1. The van der Waals surface area contributed by atoms with Crippen molar-refractivity contribution in [2.24, 2.45) is 5.73 Å². The molecular weight excluding hydrogens is 306 g/mol. The van der Waals surface area contributed by atoms with Gasteiger partial charge in [-0.2, -0.15) is 0 Å². The second-order valence-electron chi connectivity index (χ2n) is 5.51. The Hall–Kier alpha value is -2.20. The molecule has 0 bridgehead atoms. The molecule has 120 valence electrons. The molecule has 2 N–H and O–H groups in total. The summed E-state index contributed by atoms with van der Waals surface area (Å²) in [7, 11) is 0. The summed E-state index contributed by atoms with van der Waals surface area (Å²) in [5.41, 5.74) is 8.02. The summed E-state index contributed by atoms with van der Waals surface area (Å²) in [6, 6.07) is 20.4. The Morgan fingerprint density at radius 2 is 1.52 bits per heavy atom. The average molecular weight is 327 g/mol. The molecule has 2 rings (SSSR count). The fourth-order valence-electron chi connectivity index (χ4n) is 2.73. The molecule has 23 heavy (non-hydrogen) atoms. The van der Waals surface area contributed by atoms with E-state index in [-0.39, 0.29) is 18.0 Å². The molecule has 0 aliphatic heterocycles. The van der Waals surface area contributed by atoms with Crippen LogP contribution in [0.4, 0.5) is 0 Å². The predicted molar refractivity (Wildman–Crippen MR) is 96.3 cm³/mol. The number of esters is 1. The van der Waals surface area contributed by atoms with Gasteiger partial charge in [-0.05, 0) is 17.5 Å². The maximum atomic E-state index is 11.4. The molecule has 0 saturated carbocycles.